The number of nitrogens with zero attached hydrogens (tertiary/aromatic N) is 3. The third-order valence-electron chi connectivity index (χ3n) is 5.47. The van der Waals surface area contributed by atoms with Crippen molar-refractivity contribution >= 4 is 55.0 Å². The van der Waals surface area contributed by atoms with E-state index in [0.29, 0.717) is 18.9 Å². The molecular formula is C24H20BrN3O3. The third-order valence-corrected chi connectivity index (χ3v) is 5.97. The molecule has 0 spiro atoms. The number of furan rings is 1. The summed E-state index contributed by atoms with van der Waals surface area (Å²) in [5.74, 6) is 0.381. The average Bonchev–Trinajstić information content (AvgIpc) is 3.31. The molecule has 0 aliphatic rings. The first-order valence-corrected chi connectivity index (χ1v) is 10.9. The molecule has 0 N–H and O–H groups in total. The molecular weight excluding hydrogens is 458 g/mol. The predicted molar refractivity (Wildman–Crippen MR) is 123 cm³/mol. The second-order valence-corrected chi connectivity index (χ2v) is 8.47. The second kappa shape index (κ2) is 7.50. The van der Waals surface area contributed by atoms with Gasteiger partial charge >= 0.3 is 5.97 Å². The van der Waals surface area contributed by atoms with Crippen molar-refractivity contribution in [3.63, 3.8) is 0 Å². The number of carbonyl (C=O) groups excluding carboxylic acids is 1. The minimum atomic E-state index is -0.462. The number of fused-ring (bicyclic) bond motifs is 4. The molecule has 7 heteroatoms. The van der Waals surface area contributed by atoms with E-state index in [1.165, 1.54) is 11.1 Å². The first kappa shape index (κ1) is 19.8. The van der Waals surface area contributed by atoms with E-state index in [2.05, 4.69) is 52.5 Å². The minimum absolute atomic E-state index is 0.197. The highest BCUT2D eigenvalue weighted by atomic mass is 79.9. The van der Waals surface area contributed by atoms with E-state index in [4.69, 9.17) is 19.1 Å². The number of aryl methyl sites for hydroxylation is 2. The van der Waals surface area contributed by atoms with Crippen LogP contribution in [0.3, 0.4) is 0 Å². The monoisotopic (exact) mass is 477 g/mol. The van der Waals surface area contributed by atoms with Gasteiger partial charge in [-0.05, 0) is 74.4 Å². The molecule has 3 aromatic heterocycles. The van der Waals surface area contributed by atoms with Gasteiger partial charge in [-0.15, -0.1) is 0 Å². The highest BCUT2D eigenvalue weighted by molar-refractivity contribution is 9.10. The number of halogens is 1. The zero-order valence-electron chi connectivity index (χ0n) is 17.4. The topological polar surface area (TPSA) is 70.2 Å². The molecule has 0 saturated heterocycles. The molecule has 31 heavy (non-hydrogen) atoms. The van der Waals surface area contributed by atoms with Crippen molar-refractivity contribution in [3.05, 3.63) is 69.6 Å². The summed E-state index contributed by atoms with van der Waals surface area (Å²) in [6.07, 6.45) is 0. The molecule has 0 aliphatic carbocycles. The third kappa shape index (κ3) is 3.39. The Kier molecular flexibility index (Phi) is 4.78. The van der Waals surface area contributed by atoms with Crippen molar-refractivity contribution in [1.82, 2.24) is 14.5 Å². The van der Waals surface area contributed by atoms with Crippen LogP contribution in [0.4, 0.5) is 0 Å². The zero-order chi connectivity index (χ0) is 21.7. The van der Waals surface area contributed by atoms with E-state index in [1.54, 1.807) is 19.1 Å². The Morgan fingerprint density at radius 1 is 1.06 bits per heavy atom. The summed E-state index contributed by atoms with van der Waals surface area (Å²) in [5, 5.41) is 1.01. The SMILES string of the molecule is CCOC(=O)c1ccc(Cn2c3ccc(Br)cc3c3nc4cc(C)c(C)cc4nc32)o1. The van der Waals surface area contributed by atoms with Gasteiger partial charge in [0.25, 0.3) is 0 Å². The second-order valence-electron chi connectivity index (χ2n) is 7.56. The van der Waals surface area contributed by atoms with Crippen LogP contribution in [-0.2, 0) is 11.3 Å². The molecule has 0 atom stereocenters. The number of hydrogen-bond donors (Lipinski definition) is 0. The maximum atomic E-state index is 12.0. The smallest absolute Gasteiger partial charge is 0.374 e. The number of hydrogen-bond acceptors (Lipinski definition) is 5. The van der Waals surface area contributed by atoms with E-state index in [0.717, 1.165) is 37.6 Å². The highest BCUT2D eigenvalue weighted by Gasteiger charge is 2.18. The van der Waals surface area contributed by atoms with Crippen molar-refractivity contribution in [2.75, 3.05) is 6.61 Å². The molecule has 5 rings (SSSR count). The summed E-state index contributed by atoms with van der Waals surface area (Å²) in [5.41, 5.74) is 6.70. The van der Waals surface area contributed by atoms with Crippen LogP contribution in [0.2, 0.25) is 0 Å². The lowest BCUT2D eigenvalue weighted by Crippen LogP contribution is -2.03. The number of rotatable bonds is 4. The summed E-state index contributed by atoms with van der Waals surface area (Å²) < 4.78 is 13.8. The highest BCUT2D eigenvalue weighted by Crippen LogP contribution is 2.32. The molecule has 0 amide bonds. The maximum absolute atomic E-state index is 12.0. The zero-order valence-corrected chi connectivity index (χ0v) is 19.0. The van der Waals surface area contributed by atoms with E-state index in [-0.39, 0.29) is 5.76 Å². The molecule has 3 heterocycles. The van der Waals surface area contributed by atoms with Crippen LogP contribution in [0.1, 0.15) is 34.4 Å². The Morgan fingerprint density at radius 3 is 2.55 bits per heavy atom. The van der Waals surface area contributed by atoms with Crippen LogP contribution in [0.25, 0.3) is 33.1 Å². The van der Waals surface area contributed by atoms with Gasteiger partial charge < -0.3 is 13.7 Å². The summed E-state index contributed by atoms with van der Waals surface area (Å²) in [6, 6.07) is 13.7. The summed E-state index contributed by atoms with van der Waals surface area (Å²) in [6.45, 7) is 6.65. The predicted octanol–water partition coefficient (Wildman–Crippen LogP) is 5.94. The van der Waals surface area contributed by atoms with Gasteiger partial charge in [-0.3, -0.25) is 0 Å². The van der Waals surface area contributed by atoms with Gasteiger partial charge in [-0.2, -0.15) is 0 Å². The van der Waals surface area contributed by atoms with E-state index >= 15 is 0 Å². The fraction of sp³-hybridized carbons (Fsp3) is 0.208. The van der Waals surface area contributed by atoms with E-state index < -0.39 is 5.97 Å². The van der Waals surface area contributed by atoms with Gasteiger partial charge in [0.05, 0.1) is 29.7 Å². The summed E-state index contributed by atoms with van der Waals surface area (Å²) in [4.78, 5) is 21.9. The molecule has 2 aromatic carbocycles. The lowest BCUT2D eigenvalue weighted by atomic mass is 10.1. The quantitative estimate of drug-likeness (QED) is 0.299. The largest absolute Gasteiger partial charge is 0.460 e. The molecule has 0 radical (unpaired) electrons. The Hall–Kier alpha value is -3.19. The van der Waals surface area contributed by atoms with Crippen LogP contribution in [-0.4, -0.2) is 27.1 Å². The Bertz CT molecular complexity index is 1480. The summed E-state index contributed by atoms with van der Waals surface area (Å²) in [7, 11) is 0. The lowest BCUT2D eigenvalue weighted by molar-refractivity contribution is 0.0488. The van der Waals surface area contributed by atoms with Gasteiger partial charge in [0.1, 0.15) is 11.3 Å². The molecule has 0 saturated carbocycles. The number of carbonyl (C=O) groups is 1. The van der Waals surface area contributed by atoms with Gasteiger partial charge in [-0.25, -0.2) is 14.8 Å². The van der Waals surface area contributed by atoms with Crippen LogP contribution in [0, 0.1) is 13.8 Å². The van der Waals surface area contributed by atoms with Crippen molar-refractivity contribution < 1.29 is 13.9 Å². The average molecular weight is 478 g/mol. The number of benzene rings is 2. The summed E-state index contributed by atoms with van der Waals surface area (Å²) >= 11 is 3.57. The van der Waals surface area contributed by atoms with Gasteiger partial charge in [0.15, 0.2) is 5.65 Å². The van der Waals surface area contributed by atoms with Crippen LogP contribution >= 0.6 is 15.9 Å². The normalized spacial score (nSPS) is 11.6. The molecule has 5 aromatic rings. The maximum Gasteiger partial charge on any atom is 0.374 e. The Balaban J connectivity index is 1.71. The molecule has 0 unspecified atom stereocenters. The van der Waals surface area contributed by atoms with Crippen molar-refractivity contribution in [2.24, 2.45) is 0 Å². The van der Waals surface area contributed by atoms with Gasteiger partial charge in [-0.1, -0.05) is 15.9 Å². The molecule has 6 nitrogen and oxygen atoms in total. The standard InChI is InChI=1S/C24H20BrN3O3/c1-4-30-24(29)21-8-6-16(31-21)12-28-20-7-5-15(25)11-17(20)22-23(28)27-19-10-14(3)13(2)9-18(19)26-22/h5-11H,4,12H2,1-3H3. The first-order chi connectivity index (χ1) is 14.9. The Labute approximate surface area is 187 Å². The number of ether oxygens (including phenoxy) is 1. The van der Waals surface area contributed by atoms with Crippen molar-refractivity contribution in [1.29, 1.82) is 0 Å². The number of aromatic nitrogens is 3. The fourth-order valence-electron chi connectivity index (χ4n) is 3.81. The van der Waals surface area contributed by atoms with Crippen molar-refractivity contribution in [2.45, 2.75) is 27.3 Å². The molecule has 0 bridgehead atoms. The van der Waals surface area contributed by atoms with Gasteiger partial charge in [0.2, 0.25) is 5.76 Å². The molecule has 0 aliphatic heterocycles. The molecule has 0 fully saturated rings. The number of esters is 1. The van der Waals surface area contributed by atoms with Crippen LogP contribution < -0.4 is 0 Å². The van der Waals surface area contributed by atoms with Crippen LogP contribution in [0.5, 0.6) is 0 Å². The first-order valence-electron chi connectivity index (χ1n) is 10.1. The lowest BCUT2D eigenvalue weighted by Gasteiger charge is -2.06. The minimum Gasteiger partial charge on any atom is -0.460 e. The molecule has 156 valence electrons. The van der Waals surface area contributed by atoms with Gasteiger partial charge in [0, 0.05) is 9.86 Å². The van der Waals surface area contributed by atoms with E-state index in [9.17, 15) is 4.79 Å². The van der Waals surface area contributed by atoms with Crippen LogP contribution in [0.15, 0.2) is 51.4 Å². The Morgan fingerprint density at radius 2 is 1.81 bits per heavy atom. The fourth-order valence-corrected chi connectivity index (χ4v) is 4.17. The van der Waals surface area contributed by atoms with E-state index in [1.807, 2.05) is 12.1 Å². The van der Waals surface area contributed by atoms with Crippen molar-refractivity contribution in [3.8, 4) is 0 Å².